The fourth-order valence-corrected chi connectivity index (χ4v) is 2.54. The number of ether oxygens (including phenoxy) is 2. The normalized spacial score (nSPS) is 30.9. The van der Waals surface area contributed by atoms with Gasteiger partial charge < -0.3 is 15.2 Å². The summed E-state index contributed by atoms with van der Waals surface area (Å²) in [6.45, 7) is 4.01. The van der Waals surface area contributed by atoms with Crippen LogP contribution >= 0.6 is 11.8 Å². The van der Waals surface area contributed by atoms with Crippen LogP contribution in [-0.2, 0) is 14.3 Å². The average molecular weight is 261 g/mol. The quantitative estimate of drug-likeness (QED) is 0.761. The number of carbonyl (C=O) groups is 1. The maximum atomic E-state index is 11.7. The van der Waals surface area contributed by atoms with Crippen molar-refractivity contribution in [1.82, 2.24) is 0 Å². The molecule has 0 aromatic carbocycles. The Balaban J connectivity index is 2.34. The highest BCUT2D eigenvalue weighted by Crippen LogP contribution is 2.22. The molecule has 0 amide bonds. The predicted molar refractivity (Wildman–Crippen MR) is 70.1 cm³/mol. The zero-order valence-electron chi connectivity index (χ0n) is 10.8. The third-order valence-corrected chi connectivity index (χ3v) is 3.52. The maximum absolute atomic E-state index is 11.7. The van der Waals surface area contributed by atoms with Gasteiger partial charge in [0.2, 0.25) is 0 Å². The maximum Gasteiger partial charge on any atom is 0.323 e. The Morgan fingerprint density at radius 3 is 2.59 bits per heavy atom. The lowest BCUT2D eigenvalue weighted by Crippen LogP contribution is -2.40. The third kappa shape index (κ3) is 5.27. The first kappa shape index (κ1) is 14.8. The van der Waals surface area contributed by atoms with Gasteiger partial charge in [0.05, 0.1) is 12.2 Å². The topological polar surface area (TPSA) is 61.6 Å². The summed E-state index contributed by atoms with van der Waals surface area (Å²) in [4.78, 5) is 11.7. The highest BCUT2D eigenvalue weighted by Gasteiger charge is 2.28. The number of thioether (sulfide) groups is 1. The van der Waals surface area contributed by atoms with Gasteiger partial charge in [-0.25, -0.2) is 0 Å². The van der Waals surface area contributed by atoms with Crippen LogP contribution in [-0.4, -0.2) is 42.3 Å². The lowest BCUT2D eigenvalue weighted by atomic mass is 10.0. The van der Waals surface area contributed by atoms with Crippen LogP contribution in [0.15, 0.2) is 0 Å². The van der Waals surface area contributed by atoms with E-state index < -0.39 is 6.04 Å². The average Bonchev–Trinajstić information content (AvgIpc) is 2.24. The standard InChI is InChI=1S/C12H23NO3S/c1-8-6-10(7-9(2)15-8)16-12(14)11(13)4-5-17-3/h8-11H,4-7,13H2,1-3H3/t8?,9?,10?,11-/m1/s1. The van der Waals surface area contributed by atoms with E-state index in [2.05, 4.69) is 0 Å². The number of esters is 1. The van der Waals surface area contributed by atoms with Crippen LogP contribution in [0.3, 0.4) is 0 Å². The molecule has 0 bridgehead atoms. The second kappa shape index (κ2) is 7.24. The van der Waals surface area contributed by atoms with Crippen molar-refractivity contribution in [1.29, 1.82) is 0 Å². The Kier molecular flexibility index (Phi) is 6.30. The first-order valence-electron chi connectivity index (χ1n) is 6.13. The van der Waals surface area contributed by atoms with Gasteiger partial charge in [-0.15, -0.1) is 0 Å². The predicted octanol–water partition coefficient (Wildman–Crippen LogP) is 1.57. The molecule has 1 aliphatic rings. The molecule has 0 aromatic heterocycles. The van der Waals surface area contributed by atoms with Crippen molar-refractivity contribution in [2.24, 2.45) is 5.73 Å². The van der Waals surface area contributed by atoms with E-state index in [9.17, 15) is 4.79 Å². The number of rotatable bonds is 5. The van der Waals surface area contributed by atoms with Crippen LogP contribution < -0.4 is 5.73 Å². The van der Waals surface area contributed by atoms with Crippen molar-refractivity contribution < 1.29 is 14.3 Å². The van der Waals surface area contributed by atoms with Crippen molar-refractivity contribution in [3.63, 3.8) is 0 Å². The van der Waals surface area contributed by atoms with Crippen LogP contribution in [0.25, 0.3) is 0 Å². The Morgan fingerprint density at radius 2 is 2.06 bits per heavy atom. The summed E-state index contributed by atoms with van der Waals surface area (Å²) in [6.07, 6.45) is 4.48. The third-order valence-electron chi connectivity index (χ3n) is 2.87. The molecule has 1 fully saturated rings. The van der Waals surface area contributed by atoms with Crippen molar-refractivity contribution in [2.75, 3.05) is 12.0 Å². The van der Waals surface area contributed by atoms with Gasteiger partial charge in [0.25, 0.3) is 0 Å². The second-order valence-corrected chi connectivity index (χ2v) is 5.66. The molecule has 1 heterocycles. The molecular formula is C12H23NO3S. The van der Waals surface area contributed by atoms with Crippen LogP contribution in [0.5, 0.6) is 0 Å². The van der Waals surface area contributed by atoms with Gasteiger partial charge in [0, 0.05) is 12.8 Å². The van der Waals surface area contributed by atoms with Gasteiger partial charge >= 0.3 is 5.97 Å². The van der Waals surface area contributed by atoms with E-state index in [1.54, 1.807) is 11.8 Å². The lowest BCUT2D eigenvalue weighted by Gasteiger charge is -2.32. The highest BCUT2D eigenvalue weighted by molar-refractivity contribution is 7.98. The Bertz CT molecular complexity index is 240. The van der Waals surface area contributed by atoms with Crippen molar-refractivity contribution in [2.45, 2.75) is 57.5 Å². The smallest absolute Gasteiger partial charge is 0.323 e. The molecule has 4 nitrogen and oxygen atoms in total. The minimum absolute atomic E-state index is 0.0402. The zero-order chi connectivity index (χ0) is 12.8. The zero-order valence-corrected chi connectivity index (χ0v) is 11.7. The van der Waals surface area contributed by atoms with E-state index in [-0.39, 0.29) is 24.3 Å². The van der Waals surface area contributed by atoms with Crippen LogP contribution in [0, 0.1) is 0 Å². The molecule has 2 N–H and O–H groups in total. The minimum Gasteiger partial charge on any atom is -0.461 e. The Labute approximate surface area is 108 Å². The van der Waals surface area contributed by atoms with Crippen LogP contribution in [0.1, 0.15) is 33.1 Å². The number of hydrogen-bond acceptors (Lipinski definition) is 5. The van der Waals surface area contributed by atoms with Crippen molar-refractivity contribution in [3.8, 4) is 0 Å². The molecule has 3 atom stereocenters. The molecule has 0 aliphatic carbocycles. The summed E-state index contributed by atoms with van der Waals surface area (Å²) in [7, 11) is 0. The van der Waals surface area contributed by atoms with Gasteiger partial charge in [-0.3, -0.25) is 4.79 Å². The molecular weight excluding hydrogens is 238 g/mol. The first-order chi connectivity index (χ1) is 8.02. The summed E-state index contributed by atoms with van der Waals surface area (Å²) < 4.78 is 11.0. The molecule has 1 aliphatic heterocycles. The summed E-state index contributed by atoms with van der Waals surface area (Å²) in [5.41, 5.74) is 5.77. The van der Waals surface area contributed by atoms with E-state index in [1.807, 2.05) is 20.1 Å². The fourth-order valence-electron chi connectivity index (χ4n) is 2.05. The van der Waals surface area contributed by atoms with Gasteiger partial charge in [0.15, 0.2) is 0 Å². The van der Waals surface area contributed by atoms with Gasteiger partial charge in [0.1, 0.15) is 12.1 Å². The molecule has 2 unspecified atom stereocenters. The molecule has 17 heavy (non-hydrogen) atoms. The van der Waals surface area contributed by atoms with E-state index in [4.69, 9.17) is 15.2 Å². The van der Waals surface area contributed by atoms with E-state index >= 15 is 0 Å². The molecule has 0 radical (unpaired) electrons. The number of nitrogens with two attached hydrogens (primary N) is 1. The van der Waals surface area contributed by atoms with Gasteiger partial charge in [-0.1, -0.05) is 0 Å². The van der Waals surface area contributed by atoms with Crippen LogP contribution in [0.4, 0.5) is 0 Å². The summed E-state index contributed by atoms with van der Waals surface area (Å²) >= 11 is 1.69. The Hall–Kier alpha value is -0.260. The van der Waals surface area contributed by atoms with Crippen LogP contribution in [0.2, 0.25) is 0 Å². The lowest BCUT2D eigenvalue weighted by molar-refractivity contribution is -0.161. The monoisotopic (exact) mass is 261 g/mol. The largest absolute Gasteiger partial charge is 0.461 e. The number of carbonyl (C=O) groups excluding carboxylic acids is 1. The summed E-state index contributed by atoms with van der Waals surface area (Å²) in [6, 6.07) is -0.490. The number of hydrogen-bond donors (Lipinski definition) is 1. The SMILES string of the molecule is CSCC[C@@H](N)C(=O)OC1CC(C)OC(C)C1. The van der Waals surface area contributed by atoms with Gasteiger partial charge in [-0.2, -0.15) is 11.8 Å². The summed E-state index contributed by atoms with van der Waals surface area (Å²) in [5.74, 6) is 0.613. The molecule has 0 spiro atoms. The molecule has 0 saturated carbocycles. The fraction of sp³-hybridized carbons (Fsp3) is 0.917. The minimum atomic E-state index is -0.490. The van der Waals surface area contributed by atoms with Gasteiger partial charge in [-0.05, 0) is 32.3 Å². The molecule has 5 heteroatoms. The molecule has 0 aromatic rings. The Morgan fingerprint density at radius 1 is 1.47 bits per heavy atom. The first-order valence-corrected chi connectivity index (χ1v) is 7.52. The van der Waals surface area contributed by atoms with Crippen molar-refractivity contribution in [3.05, 3.63) is 0 Å². The van der Waals surface area contributed by atoms with E-state index in [1.165, 1.54) is 0 Å². The van der Waals surface area contributed by atoms with Crippen molar-refractivity contribution >= 4 is 17.7 Å². The molecule has 1 rings (SSSR count). The second-order valence-electron chi connectivity index (χ2n) is 4.68. The van der Waals surface area contributed by atoms with E-state index in [0.717, 1.165) is 18.6 Å². The highest BCUT2D eigenvalue weighted by atomic mass is 32.2. The van der Waals surface area contributed by atoms with E-state index in [0.29, 0.717) is 6.42 Å². The molecule has 100 valence electrons. The summed E-state index contributed by atoms with van der Waals surface area (Å²) in [5, 5.41) is 0. The molecule has 1 saturated heterocycles.